The molecule has 5 saturated heterocycles. The van der Waals surface area contributed by atoms with E-state index in [4.69, 9.17) is 14.5 Å². The van der Waals surface area contributed by atoms with E-state index in [2.05, 4.69) is 30.7 Å². The zero-order chi connectivity index (χ0) is 26.9. The average molecular weight is 608 g/mol. The van der Waals surface area contributed by atoms with E-state index in [1.54, 1.807) is 17.0 Å². The Morgan fingerprint density at radius 2 is 2.10 bits per heavy atom. The Labute approximate surface area is 233 Å². The Hall–Kier alpha value is -2.31. The van der Waals surface area contributed by atoms with Gasteiger partial charge in [-0.3, -0.25) is 9.80 Å². The highest BCUT2D eigenvalue weighted by Gasteiger charge is 2.59. The van der Waals surface area contributed by atoms with Gasteiger partial charge >= 0.3 is 12.1 Å². The van der Waals surface area contributed by atoms with Crippen molar-refractivity contribution in [2.45, 2.75) is 74.3 Å². The number of aromatic nitrogens is 2. The number of nitrogens with zero attached hydrogens (tertiary/aromatic N) is 5. The predicted octanol–water partition coefficient (Wildman–Crippen LogP) is 4.37. The third-order valence-corrected chi connectivity index (χ3v) is 10.2. The van der Waals surface area contributed by atoms with E-state index in [0.29, 0.717) is 50.3 Å². The highest BCUT2D eigenvalue weighted by Crippen LogP contribution is 2.47. The van der Waals surface area contributed by atoms with Gasteiger partial charge < -0.3 is 19.5 Å². The second-order valence-electron chi connectivity index (χ2n) is 11.8. The number of piperazine rings is 1. The molecule has 0 spiro atoms. The smallest absolute Gasteiger partial charge is 0.408 e. The number of rotatable bonds is 5. The molecule has 1 N–H and O–H groups in total. The van der Waals surface area contributed by atoms with Crippen molar-refractivity contribution >= 4 is 38.7 Å². The second-order valence-corrected chi connectivity index (χ2v) is 12.6. The van der Waals surface area contributed by atoms with E-state index < -0.39 is 23.6 Å². The summed E-state index contributed by atoms with van der Waals surface area (Å²) >= 11 is 3.28. The quantitative estimate of drug-likeness (QED) is 0.536. The molecule has 5 aliphatic heterocycles. The van der Waals surface area contributed by atoms with Gasteiger partial charge in [-0.15, -0.1) is 0 Å². The van der Waals surface area contributed by atoms with Gasteiger partial charge in [0.2, 0.25) is 0 Å². The number of ether oxygens (including phenoxy) is 2. The first-order valence-corrected chi connectivity index (χ1v) is 14.7. The first-order valence-electron chi connectivity index (χ1n) is 13.9. The van der Waals surface area contributed by atoms with E-state index >= 15 is 4.39 Å². The molecule has 0 saturated carbocycles. The van der Waals surface area contributed by atoms with E-state index in [1.807, 2.05) is 0 Å². The van der Waals surface area contributed by atoms with Gasteiger partial charge in [0.15, 0.2) is 5.82 Å². The molecule has 2 aromatic rings. The molecule has 1 amide bonds. The van der Waals surface area contributed by atoms with Crippen molar-refractivity contribution in [1.29, 1.82) is 0 Å². The van der Waals surface area contributed by atoms with Crippen molar-refractivity contribution < 1.29 is 28.2 Å². The number of anilines is 1. The number of hydrogen-bond donors (Lipinski definition) is 1. The topological polar surface area (TPSA) is 91.3 Å². The van der Waals surface area contributed by atoms with Crippen molar-refractivity contribution in [1.82, 2.24) is 19.8 Å². The van der Waals surface area contributed by atoms with Gasteiger partial charge in [-0.2, -0.15) is 9.97 Å². The summed E-state index contributed by atoms with van der Waals surface area (Å²) in [6.45, 7) is 2.95. The molecule has 1 aromatic heterocycles. The minimum atomic E-state index is -0.928. The molecule has 2 bridgehead atoms. The summed E-state index contributed by atoms with van der Waals surface area (Å²) in [6.07, 6.45) is 3.38. The standard InChI is InChI=1S/C27H32BrF2N5O4/c28-19-5-4-18-22(21(19)30)31-24(39-15-26-7-2-9-34(26)12-16(29)11-26)32-23(18)33-13-17-6-8-27(14-33,35(17)25(36)37)20-3-1-10-38-20/h4-5,16-17,20H,1-3,6-15H2,(H,36,37)/t16-,17+,20+,26+,27-/m1/s1. The largest absolute Gasteiger partial charge is 0.465 e. The lowest BCUT2D eigenvalue weighted by Gasteiger charge is -2.50. The van der Waals surface area contributed by atoms with Gasteiger partial charge in [0.25, 0.3) is 0 Å². The van der Waals surface area contributed by atoms with Crippen LogP contribution in [0.3, 0.4) is 0 Å². The Bertz CT molecular complexity index is 1310. The fourth-order valence-electron chi connectivity index (χ4n) is 7.99. The van der Waals surface area contributed by atoms with E-state index in [0.717, 1.165) is 38.6 Å². The van der Waals surface area contributed by atoms with Crippen LogP contribution in [0.5, 0.6) is 6.01 Å². The molecule has 0 unspecified atom stereocenters. The van der Waals surface area contributed by atoms with Crippen LogP contribution in [0.1, 0.15) is 44.9 Å². The van der Waals surface area contributed by atoms with Crippen LogP contribution in [-0.4, -0.2) is 99.8 Å². The summed E-state index contributed by atoms with van der Waals surface area (Å²) in [5.74, 6) is 0.0172. The number of carbonyl (C=O) groups is 1. The molecule has 0 aliphatic carbocycles. The molecule has 5 atom stereocenters. The fourth-order valence-corrected chi connectivity index (χ4v) is 8.31. The van der Waals surface area contributed by atoms with Crippen molar-refractivity contribution in [2.24, 2.45) is 0 Å². The highest BCUT2D eigenvalue weighted by atomic mass is 79.9. The number of amides is 1. The van der Waals surface area contributed by atoms with Gasteiger partial charge in [-0.25, -0.2) is 13.6 Å². The average Bonchev–Trinajstić information content (AvgIpc) is 3.68. The van der Waals surface area contributed by atoms with Crippen molar-refractivity contribution in [3.05, 3.63) is 22.4 Å². The summed E-state index contributed by atoms with van der Waals surface area (Å²) in [5.41, 5.74) is -0.941. The van der Waals surface area contributed by atoms with Gasteiger partial charge in [-0.1, -0.05) is 0 Å². The third-order valence-electron chi connectivity index (χ3n) is 9.64. The molecule has 1 aromatic carbocycles. The highest BCUT2D eigenvalue weighted by molar-refractivity contribution is 9.10. The maximum absolute atomic E-state index is 15.4. The lowest BCUT2D eigenvalue weighted by Crippen LogP contribution is -2.67. The van der Waals surface area contributed by atoms with Crippen LogP contribution < -0.4 is 9.64 Å². The summed E-state index contributed by atoms with van der Waals surface area (Å²) in [4.78, 5) is 27.5. The van der Waals surface area contributed by atoms with Crippen molar-refractivity contribution in [2.75, 3.05) is 44.3 Å². The molecule has 12 heteroatoms. The Balaban J connectivity index is 1.27. The van der Waals surface area contributed by atoms with Crippen molar-refractivity contribution in [3.63, 3.8) is 0 Å². The minimum Gasteiger partial charge on any atom is -0.465 e. The molecule has 5 aliphatic rings. The Morgan fingerprint density at radius 1 is 1.23 bits per heavy atom. The van der Waals surface area contributed by atoms with E-state index in [-0.39, 0.29) is 40.3 Å². The lowest BCUT2D eigenvalue weighted by molar-refractivity contribution is -0.0327. The number of alkyl halides is 1. The fraction of sp³-hybridized carbons (Fsp3) is 0.667. The maximum Gasteiger partial charge on any atom is 0.408 e. The van der Waals surface area contributed by atoms with Crippen LogP contribution in [0.15, 0.2) is 16.6 Å². The molecule has 0 radical (unpaired) electrons. The number of carboxylic acid groups (broad SMARTS) is 1. The van der Waals surface area contributed by atoms with Crippen LogP contribution in [-0.2, 0) is 4.74 Å². The molecule has 7 rings (SSSR count). The van der Waals surface area contributed by atoms with E-state index in [9.17, 15) is 14.3 Å². The maximum atomic E-state index is 15.4. The first kappa shape index (κ1) is 25.6. The number of fused-ring (bicyclic) bond motifs is 4. The monoisotopic (exact) mass is 607 g/mol. The van der Waals surface area contributed by atoms with Crippen LogP contribution in [0.4, 0.5) is 19.4 Å². The third kappa shape index (κ3) is 4.00. The number of hydrogen-bond acceptors (Lipinski definition) is 7. The number of halogens is 3. The molecular formula is C27H32BrF2N5O4. The molecule has 39 heavy (non-hydrogen) atoms. The SMILES string of the molecule is O=C(O)N1[C@H]2CC[C@]1([C@@H]1CCCO1)CN(c1nc(OC[C@@]34CCCN3C[C@H](F)C4)nc3c(F)c(Br)ccc13)C2. The Morgan fingerprint density at radius 3 is 2.90 bits per heavy atom. The zero-order valence-corrected chi connectivity index (χ0v) is 23.2. The normalized spacial score (nSPS) is 34.3. The number of benzene rings is 1. The Kier molecular flexibility index (Phi) is 6.16. The first-order chi connectivity index (χ1) is 18.8. The van der Waals surface area contributed by atoms with Crippen LogP contribution >= 0.6 is 15.9 Å². The van der Waals surface area contributed by atoms with Crippen LogP contribution in [0, 0.1) is 5.82 Å². The molecular weight excluding hydrogens is 576 g/mol. The predicted molar refractivity (Wildman–Crippen MR) is 143 cm³/mol. The van der Waals surface area contributed by atoms with Crippen LogP contribution in [0.2, 0.25) is 0 Å². The lowest BCUT2D eigenvalue weighted by atomic mass is 9.86. The molecule has 6 heterocycles. The zero-order valence-electron chi connectivity index (χ0n) is 21.6. The summed E-state index contributed by atoms with van der Waals surface area (Å²) < 4.78 is 42.3. The van der Waals surface area contributed by atoms with Crippen molar-refractivity contribution in [3.8, 4) is 6.01 Å². The summed E-state index contributed by atoms with van der Waals surface area (Å²) in [7, 11) is 0. The van der Waals surface area contributed by atoms with Gasteiger partial charge in [0, 0.05) is 38.0 Å². The minimum absolute atomic E-state index is 0.0530. The molecule has 210 valence electrons. The van der Waals surface area contributed by atoms with E-state index in [1.165, 1.54) is 0 Å². The molecule has 5 fully saturated rings. The summed E-state index contributed by atoms with van der Waals surface area (Å²) in [5, 5.41) is 10.7. The van der Waals surface area contributed by atoms with Gasteiger partial charge in [0.1, 0.15) is 24.1 Å². The van der Waals surface area contributed by atoms with Gasteiger partial charge in [-0.05, 0) is 73.1 Å². The second kappa shape index (κ2) is 9.37. The summed E-state index contributed by atoms with van der Waals surface area (Å²) in [6, 6.07) is 3.25. The van der Waals surface area contributed by atoms with Crippen LogP contribution in [0.25, 0.3) is 10.9 Å². The van der Waals surface area contributed by atoms with Gasteiger partial charge in [0.05, 0.1) is 27.7 Å². The molecule has 9 nitrogen and oxygen atoms in total.